The zero-order chi connectivity index (χ0) is 16.7. The Kier molecular flexibility index (Phi) is 4.45. The van der Waals surface area contributed by atoms with Gasteiger partial charge in [0.15, 0.2) is 5.09 Å². The molecule has 0 aromatic carbocycles. The van der Waals surface area contributed by atoms with Crippen molar-refractivity contribution < 1.29 is 9.21 Å². The quantitative estimate of drug-likeness (QED) is 0.892. The maximum absolute atomic E-state index is 12.7. The number of nitrogens with one attached hydrogen (secondary N) is 1. The van der Waals surface area contributed by atoms with Gasteiger partial charge in [-0.1, -0.05) is 0 Å². The van der Waals surface area contributed by atoms with Gasteiger partial charge in [0.05, 0.1) is 9.09 Å². The minimum atomic E-state index is 0.0630. The Balaban J connectivity index is 1.41. The van der Waals surface area contributed by atoms with E-state index in [9.17, 15) is 4.79 Å². The molecule has 2 atom stereocenters. The molecule has 0 radical (unpaired) electrons. The number of aryl methyl sites for hydroxylation is 1. The topological polar surface area (TPSA) is 45.5 Å². The van der Waals surface area contributed by atoms with Gasteiger partial charge in [0.2, 0.25) is 0 Å². The molecule has 5 rings (SSSR count). The van der Waals surface area contributed by atoms with Crippen LogP contribution in [0, 0.1) is 12.8 Å². The summed E-state index contributed by atoms with van der Waals surface area (Å²) in [6.07, 6.45) is 2.41. The SMILES string of the molecule is Cc1ccc(Sc2ccc(C(=O)N[C@@H]3C4CCN(CC4)[C@H]3C)s2)o1. The predicted octanol–water partition coefficient (Wildman–Crippen LogP) is 4.01. The molecule has 2 aromatic rings. The number of fused-ring (bicyclic) bond motifs is 3. The lowest BCUT2D eigenvalue weighted by Crippen LogP contribution is -2.62. The third-order valence-electron chi connectivity index (χ3n) is 5.20. The van der Waals surface area contributed by atoms with E-state index in [-0.39, 0.29) is 11.9 Å². The molecule has 0 aliphatic carbocycles. The first kappa shape index (κ1) is 16.2. The first-order valence-electron chi connectivity index (χ1n) is 8.49. The third kappa shape index (κ3) is 3.15. The molecule has 0 spiro atoms. The molecule has 4 nitrogen and oxygen atoms in total. The monoisotopic (exact) mass is 362 g/mol. The second-order valence-electron chi connectivity index (χ2n) is 6.70. The lowest BCUT2D eigenvalue weighted by Gasteiger charge is -2.49. The molecule has 0 unspecified atom stereocenters. The summed E-state index contributed by atoms with van der Waals surface area (Å²) in [7, 11) is 0. The van der Waals surface area contributed by atoms with Crippen molar-refractivity contribution in [1.29, 1.82) is 0 Å². The van der Waals surface area contributed by atoms with Gasteiger partial charge in [0.25, 0.3) is 5.91 Å². The second-order valence-corrected chi connectivity index (χ2v) is 9.09. The van der Waals surface area contributed by atoms with Crippen molar-refractivity contribution in [1.82, 2.24) is 10.2 Å². The summed E-state index contributed by atoms with van der Waals surface area (Å²) in [5.74, 6) is 1.60. The Morgan fingerprint density at radius 2 is 2.08 bits per heavy atom. The van der Waals surface area contributed by atoms with Crippen LogP contribution in [0.3, 0.4) is 0 Å². The zero-order valence-electron chi connectivity index (χ0n) is 14.0. The van der Waals surface area contributed by atoms with Crippen molar-refractivity contribution in [3.63, 3.8) is 0 Å². The smallest absolute Gasteiger partial charge is 0.261 e. The van der Waals surface area contributed by atoms with Gasteiger partial charge in [0, 0.05) is 12.1 Å². The van der Waals surface area contributed by atoms with Gasteiger partial charge in [0.1, 0.15) is 5.76 Å². The summed E-state index contributed by atoms with van der Waals surface area (Å²) in [4.78, 5) is 15.9. The van der Waals surface area contributed by atoms with Crippen LogP contribution in [0.15, 0.2) is 38.0 Å². The number of amides is 1. The molecule has 1 amide bonds. The molecule has 3 fully saturated rings. The van der Waals surface area contributed by atoms with Crippen LogP contribution in [0.4, 0.5) is 0 Å². The Morgan fingerprint density at radius 3 is 2.75 bits per heavy atom. The molecule has 3 saturated heterocycles. The van der Waals surface area contributed by atoms with E-state index in [0.29, 0.717) is 12.0 Å². The van der Waals surface area contributed by atoms with Crippen LogP contribution in [0.5, 0.6) is 0 Å². The van der Waals surface area contributed by atoms with Crippen molar-refractivity contribution in [2.75, 3.05) is 13.1 Å². The summed E-state index contributed by atoms with van der Waals surface area (Å²) < 4.78 is 6.67. The summed E-state index contributed by atoms with van der Waals surface area (Å²) in [5.41, 5.74) is 0. The predicted molar refractivity (Wildman–Crippen MR) is 96.9 cm³/mol. The first-order valence-corrected chi connectivity index (χ1v) is 10.1. The standard InChI is InChI=1S/C18H22N2O2S2/c1-11-3-5-15(22-11)24-16-6-4-14(23-16)18(21)19-17-12(2)20-9-7-13(17)8-10-20/h3-6,12-13,17H,7-10H2,1-2H3,(H,19,21)/t12-,17-/m0/s1. The van der Waals surface area contributed by atoms with Crippen LogP contribution < -0.4 is 5.32 Å². The first-order chi connectivity index (χ1) is 11.6. The number of hydrogen-bond acceptors (Lipinski definition) is 5. The van der Waals surface area contributed by atoms with Crippen LogP contribution in [0.1, 0.15) is 35.2 Å². The Hall–Kier alpha value is -1.24. The number of thiophene rings is 1. The number of furan rings is 1. The van der Waals surface area contributed by atoms with E-state index >= 15 is 0 Å². The minimum Gasteiger partial charge on any atom is -0.455 e. The van der Waals surface area contributed by atoms with E-state index in [0.717, 1.165) is 19.9 Å². The molecule has 2 aromatic heterocycles. The largest absolute Gasteiger partial charge is 0.455 e. The van der Waals surface area contributed by atoms with E-state index in [1.54, 1.807) is 11.8 Å². The van der Waals surface area contributed by atoms with Gasteiger partial charge in [-0.25, -0.2) is 0 Å². The van der Waals surface area contributed by atoms with Crippen LogP contribution in [-0.2, 0) is 0 Å². The minimum absolute atomic E-state index is 0.0630. The highest BCUT2D eigenvalue weighted by atomic mass is 32.2. The second kappa shape index (κ2) is 6.58. The fourth-order valence-electron chi connectivity index (χ4n) is 3.83. The molecule has 3 aliphatic heterocycles. The number of carbonyl (C=O) groups is 1. The van der Waals surface area contributed by atoms with Gasteiger partial charge in [-0.2, -0.15) is 0 Å². The lowest BCUT2D eigenvalue weighted by atomic mass is 9.79. The number of rotatable bonds is 4. The normalized spacial score (nSPS) is 28.9. The fourth-order valence-corrected chi connectivity index (χ4v) is 5.80. The van der Waals surface area contributed by atoms with E-state index in [1.807, 2.05) is 31.2 Å². The fraction of sp³-hybridized carbons (Fsp3) is 0.500. The number of nitrogens with zero attached hydrogens (tertiary/aromatic N) is 1. The highest BCUT2D eigenvalue weighted by Crippen LogP contribution is 2.35. The van der Waals surface area contributed by atoms with Gasteiger partial charge >= 0.3 is 0 Å². The van der Waals surface area contributed by atoms with Crippen LogP contribution >= 0.6 is 23.1 Å². The molecule has 128 valence electrons. The van der Waals surface area contributed by atoms with Gasteiger partial charge < -0.3 is 9.73 Å². The van der Waals surface area contributed by atoms with Crippen molar-refractivity contribution in [2.24, 2.45) is 5.92 Å². The molecule has 5 heterocycles. The highest BCUT2D eigenvalue weighted by Gasteiger charge is 2.40. The van der Waals surface area contributed by atoms with Gasteiger partial charge in [-0.3, -0.25) is 9.69 Å². The molecular formula is C18H22N2O2S2. The van der Waals surface area contributed by atoms with E-state index in [1.165, 1.54) is 37.3 Å². The maximum atomic E-state index is 12.7. The highest BCUT2D eigenvalue weighted by molar-refractivity contribution is 8.01. The molecular weight excluding hydrogens is 340 g/mol. The maximum Gasteiger partial charge on any atom is 0.261 e. The Bertz CT molecular complexity index is 729. The number of carbonyl (C=O) groups excluding carboxylic acids is 1. The van der Waals surface area contributed by atoms with E-state index in [2.05, 4.69) is 17.1 Å². The molecule has 6 heteroatoms. The van der Waals surface area contributed by atoms with Crippen molar-refractivity contribution in [3.8, 4) is 0 Å². The average Bonchev–Trinajstić information content (AvgIpc) is 3.21. The summed E-state index contributed by atoms with van der Waals surface area (Å²) >= 11 is 3.10. The molecule has 3 aliphatic rings. The van der Waals surface area contributed by atoms with Crippen molar-refractivity contribution in [3.05, 3.63) is 34.9 Å². The summed E-state index contributed by atoms with van der Waals surface area (Å²) in [6.45, 7) is 6.54. The van der Waals surface area contributed by atoms with Crippen molar-refractivity contribution >= 4 is 29.0 Å². The van der Waals surface area contributed by atoms with E-state index in [4.69, 9.17) is 4.42 Å². The van der Waals surface area contributed by atoms with Crippen LogP contribution in [-0.4, -0.2) is 36.0 Å². The summed E-state index contributed by atoms with van der Waals surface area (Å²) in [5, 5.41) is 4.16. The Morgan fingerprint density at radius 1 is 1.29 bits per heavy atom. The third-order valence-corrected chi connectivity index (χ3v) is 7.33. The van der Waals surface area contributed by atoms with E-state index < -0.39 is 0 Å². The number of hydrogen-bond donors (Lipinski definition) is 1. The zero-order valence-corrected chi connectivity index (χ0v) is 15.6. The van der Waals surface area contributed by atoms with Crippen LogP contribution in [0.25, 0.3) is 0 Å². The average molecular weight is 363 g/mol. The molecule has 0 saturated carbocycles. The Labute approximate surface area is 150 Å². The summed E-state index contributed by atoms with van der Waals surface area (Å²) in [6, 6.07) is 8.58. The molecule has 2 bridgehead atoms. The van der Waals surface area contributed by atoms with Gasteiger partial charge in [-0.05, 0) is 81.7 Å². The molecule has 24 heavy (non-hydrogen) atoms. The number of piperidine rings is 3. The van der Waals surface area contributed by atoms with Crippen molar-refractivity contribution in [2.45, 2.75) is 48.1 Å². The lowest BCUT2D eigenvalue weighted by molar-refractivity contribution is 0.0218. The van der Waals surface area contributed by atoms with Crippen LogP contribution in [0.2, 0.25) is 0 Å². The molecule has 1 N–H and O–H groups in total. The van der Waals surface area contributed by atoms with Gasteiger partial charge in [-0.15, -0.1) is 11.3 Å².